The topological polar surface area (TPSA) is 20.2 Å². The molecular formula is C30H52O. The van der Waals surface area contributed by atoms with E-state index in [1.54, 1.807) is 0 Å². The minimum absolute atomic E-state index is 0.170. The molecule has 178 valence electrons. The molecule has 0 radical (unpaired) electrons. The molecule has 0 aromatic carbocycles. The maximum Gasteiger partial charge on any atom is 0.0495 e. The van der Waals surface area contributed by atoms with E-state index in [0.717, 1.165) is 23.7 Å². The summed E-state index contributed by atoms with van der Waals surface area (Å²) in [6.45, 7) is 18.6. The molecule has 1 heteroatoms. The summed E-state index contributed by atoms with van der Waals surface area (Å²) in [5.41, 5.74) is 2.48. The standard InChI is InChI=1S/C30H52O/c1-25(2)15-16-27(5)17-18-30(20-31)21(22(27)19-25)9-10-24-28(6)13-8-12-26(3,4)23(28)11-14-29(24,30)7/h21-24,31H,8-20H2,1-7H3/t21-,22+,23+,24-,27-,28+,29-,30+/m1/s1. The molecule has 5 saturated carbocycles. The van der Waals surface area contributed by atoms with Crippen molar-refractivity contribution < 1.29 is 5.11 Å². The third-order valence-electron chi connectivity index (χ3n) is 13.4. The quantitative estimate of drug-likeness (QED) is 0.445. The number of hydrogen-bond donors (Lipinski definition) is 1. The lowest BCUT2D eigenvalue weighted by Crippen LogP contribution is -2.67. The van der Waals surface area contributed by atoms with E-state index in [0.29, 0.717) is 33.7 Å². The molecule has 31 heavy (non-hydrogen) atoms. The van der Waals surface area contributed by atoms with E-state index in [-0.39, 0.29) is 5.41 Å². The minimum Gasteiger partial charge on any atom is -0.396 e. The molecule has 0 aromatic heterocycles. The SMILES string of the molecule is CC1(C)CC[C@]2(C)CC[C@]3(CO)[C@H](CC[C@@H]4[C@@]5(C)CCCC(C)(C)[C@@H]5CC[C@]43C)[C@@H]2C1. The summed E-state index contributed by atoms with van der Waals surface area (Å²) >= 11 is 0. The van der Waals surface area contributed by atoms with Crippen LogP contribution in [0.2, 0.25) is 0 Å². The summed E-state index contributed by atoms with van der Waals surface area (Å²) < 4.78 is 0. The van der Waals surface area contributed by atoms with Crippen molar-refractivity contribution in [3.05, 3.63) is 0 Å². The Balaban J connectivity index is 1.56. The van der Waals surface area contributed by atoms with E-state index in [1.807, 2.05) is 0 Å². The molecule has 0 heterocycles. The zero-order chi connectivity index (χ0) is 22.5. The van der Waals surface area contributed by atoms with E-state index in [9.17, 15) is 5.11 Å². The molecule has 0 spiro atoms. The highest BCUT2D eigenvalue weighted by Gasteiger charge is 2.70. The second kappa shape index (κ2) is 6.76. The molecule has 0 saturated heterocycles. The summed E-state index contributed by atoms with van der Waals surface area (Å²) in [6.07, 6.45) is 16.7. The van der Waals surface area contributed by atoms with Crippen molar-refractivity contribution in [2.24, 2.45) is 56.2 Å². The van der Waals surface area contributed by atoms with Crippen LogP contribution < -0.4 is 0 Å². The Bertz CT molecular complexity index is 722. The first-order valence-corrected chi connectivity index (χ1v) is 13.9. The molecule has 0 aliphatic heterocycles. The van der Waals surface area contributed by atoms with Crippen molar-refractivity contribution in [1.82, 2.24) is 0 Å². The summed E-state index contributed by atoms with van der Waals surface area (Å²) in [7, 11) is 0. The van der Waals surface area contributed by atoms with Crippen LogP contribution in [0.5, 0.6) is 0 Å². The van der Waals surface area contributed by atoms with Gasteiger partial charge < -0.3 is 5.11 Å². The number of rotatable bonds is 1. The van der Waals surface area contributed by atoms with Gasteiger partial charge in [-0.1, -0.05) is 54.9 Å². The van der Waals surface area contributed by atoms with Crippen LogP contribution in [-0.2, 0) is 0 Å². The molecule has 1 nitrogen and oxygen atoms in total. The smallest absolute Gasteiger partial charge is 0.0495 e. The average Bonchev–Trinajstić information content (AvgIpc) is 2.67. The fraction of sp³-hybridized carbons (Fsp3) is 1.00. The molecule has 8 atom stereocenters. The predicted octanol–water partition coefficient (Wildman–Crippen LogP) is 8.25. The first kappa shape index (κ1) is 22.7. The van der Waals surface area contributed by atoms with Crippen molar-refractivity contribution in [1.29, 1.82) is 0 Å². The van der Waals surface area contributed by atoms with E-state index in [1.165, 1.54) is 77.0 Å². The number of aliphatic hydroxyl groups excluding tert-OH is 1. The van der Waals surface area contributed by atoms with E-state index < -0.39 is 0 Å². The second-order valence-electron chi connectivity index (χ2n) is 15.5. The largest absolute Gasteiger partial charge is 0.396 e. The molecule has 1 N–H and O–H groups in total. The highest BCUT2D eigenvalue weighted by molar-refractivity contribution is 5.18. The highest BCUT2D eigenvalue weighted by atomic mass is 16.3. The summed E-state index contributed by atoms with van der Waals surface area (Å²) in [5.74, 6) is 3.25. The van der Waals surface area contributed by atoms with Gasteiger partial charge in [-0.05, 0) is 121 Å². The Morgan fingerprint density at radius 1 is 0.677 bits per heavy atom. The Hall–Kier alpha value is -0.0400. The summed E-state index contributed by atoms with van der Waals surface area (Å²) in [4.78, 5) is 0. The van der Waals surface area contributed by atoms with Gasteiger partial charge in [0.05, 0.1) is 0 Å². The number of fused-ring (bicyclic) bond motifs is 7. The Labute approximate surface area is 193 Å². The molecule has 0 aromatic rings. The summed E-state index contributed by atoms with van der Waals surface area (Å²) in [5, 5.41) is 11.3. The average molecular weight is 429 g/mol. The Kier molecular flexibility index (Phi) is 4.96. The van der Waals surface area contributed by atoms with Crippen LogP contribution in [0, 0.1) is 56.2 Å². The molecule has 5 aliphatic carbocycles. The van der Waals surface area contributed by atoms with Gasteiger partial charge in [0.2, 0.25) is 0 Å². The summed E-state index contributed by atoms with van der Waals surface area (Å²) in [6, 6.07) is 0. The first-order valence-electron chi connectivity index (χ1n) is 13.9. The van der Waals surface area contributed by atoms with Gasteiger partial charge in [0, 0.05) is 12.0 Å². The fourth-order valence-corrected chi connectivity index (χ4v) is 11.6. The monoisotopic (exact) mass is 428 g/mol. The van der Waals surface area contributed by atoms with Gasteiger partial charge >= 0.3 is 0 Å². The van der Waals surface area contributed by atoms with Crippen LogP contribution in [0.15, 0.2) is 0 Å². The van der Waals surface area contributed by atoms with Gasteiger partial charge in [-0.25, -0.2) is 0 Å². The van der Waals surface area contributed by atoms with Crippen molar-refractivity contribution in [3.8, 4) is 0 Å². The van der Waals surface area contributed by atoms with Crippen molar-refractivity contribution >= 4 is 0 Å². The number of aliphatic hydroxyl groups is 1. The van der Waals surface area contributed by atoms with Crippen LogP contribution >= 0.6 is 0 Å². The van der Waals surface area contributed by atoms with Crippen molar-refractivity contribution in [2.45, 2.75) is 126 Å². The third-order valence-corrected chi connectivity index (χ3v) is 13.4. The van der Waals surface area contributed by atoms with Crippen LogP contribution in [-0.4, -0.2) is 11.7 Å². The molecule has 5 fully saturated rings. The molecular weight excluding hydrogens is 376 g/mol. The van der Waals surface area contributed by atoms with Crippen LogP contribution in [0.3, 0.4) is 0 Å². The number of hydrogen-bond acceptors (Lipinski definition) is 1. The van der Waals surface area contributed by atoms with Crippen LogP contribution in [0.1, 0.15) is 126 Å². The zero-order valence-electron chi connectivity index (χ0n) is 21.9. The molecule has 0 unspecified atom stereocenters. The van der Waals surface area contributed by atoms with E-state index in [2.05, 4.69) is 48.5 Å². The van der Waals surface area contributed by atoms with Crippen molar-refractivity contribution in [2.75, 3.05) is 6.61 Å². The lowest BCUT2D eigenvalue weighted by molar-refractivity contribution is -0.259. The van der Waals surface area contributed by atoms with Crippen molar-refractivity contribution in [3.63, 3.8) is 0 Å². The van der Waals surface area contributed by atoms with Crippen LogP contribution in [0.25, 0.3) is 0 Å². The maximum absolute atomic E-state index is 11.3. The van der Waals surface area contributed by atoms with Gasteiger partial charge in [-0.2, -0.15) is 0 Å². The second-order valence-corrected chi connectivity index (χ2v) is 15.5. The first-order chi connectivity index (χ1) is 14.3. The third kappa shape index (κ3) is 2.89. The van der Waals surface area contributed by atoms with Gasteiger partial charge in [0.25, 0.3) is 0 Å². The molecule has 0 amide bonds. The molecule has 5 rings (SSSR count). The van der Waals surface area contributed by atoms with Gasteiger partial charge in [-0.3, -0.25) is 0 Å². The highest BCUT2D eigenvalue weighted by Crippen LogP contribution is 2.76. The Morgan fingerprint density at radius 2 is 1.39 bits per heavy atom. The van der Waals surface area contributed by atoms with Gasteiger partial charge in [0.1, 0.15) is 0 Å². The normalized spacial score (nSPS) is 55.4. The lowest BCUT2D eigenvalue weighted by atomic mass is 9.31. The lowest BCUT2D eigenvalue weighted by Gasteiger charge is -2.73. The predicted molar refractivity (Wildman–Crippen MR) is 131 cm³/mol. The minimum atomic E-state index is 0.170. The molecule has 0 bridgehead atoms. The Morgan fingerprint density at radius 3 is 2.10 bits per heavy atom. The van der Waals surface area contributed by atoms with E-state index in [4.69, 9.17) is 0 Å². The van der Waals surface area contributed by atoms with Gasteiger partial charge in [-0.15, -0.1) is 0 Å². The molecule has 5 aliphatic rings. The van der Waals surface area contributed by atoms with Crippen LogP contribution in [0.4, 0.5) is 0 Å². The fourth-order valence-electron chi connectivity index (χ4n) is 11.6. The zero-order valence-corrected chi connectivity index (χ0v) is 21.9. The van der Waals surface area contributed by atoms with Gasteiger partial charge in [0.15, 0.2) is 0 Å². The maximum atomic E-state index is 11.3. The van der Waals surface area contributed by atoms with E-state index >= 15 is 0 Å².